The van der Waals surface area contributed by atoms with Gasteiger partial charge in [-0.25, -0.2) is 4.39 Å². The number of hydrogen-bond acceptors (Lipinski definition) is 2. The van der Waals surface area contributed by atoms with Crippen molar-refractivity contribution in [2.24, 2.45) is 0 Å². The van der Waals surface area contributed by atoms with Crippen LogP contribution in [-0.4, -0.2) is 11.9 Å². The predicted molar refractivity (Wildman–Crippen MR) is 104 cm³/mol. The van der Waals surface area contributed by atoms with E-state index in [4.69, 9.17) is 11.6 Å². The molecule has 2 atom stereocenters. The predicted octanol–water partition coefficient (Wildman–Crippen LogP) is 4.22. The summed E-state index contributed by atoms with van der Waals surface area (Å²) in [7, 11) is 0. The molecule has 0 aliphatic heterocycles. The molecule has 3 N–H and O–H groups in total. The molecule has 0 radical (unpaired) electrons. The molecule has 2 aromatic carbocycles. The minimum atomic E-state index is -0.436. The number of carbonyl (C=O) groups is 1. The highest BCUT2D eigenvalue weighted by Gasteiger charge is 2.25. The molecule has 0 aliphatic carbocycles. The van der Waals surface area contributed by atoms with Gasteiger partial charge in [-0.1, -0.05) is 48.0 Å². The number of anilines is 1. The Kier molecular flexibility index (Phi) is 6.04. The first-order valence-corrected chi connectivity index (χ1v) is 9.49. The molecule has 3 aromatic rings. The van der Waals surface area contributed by atoms with Crippen molar-refractivity contribution < 1.29 is 14.5 Å². The zero-order valence-electron chi connectivity index (χ0n) is 14.2. The third-order valence-corrected chi connectivity index (χ3v) is 5.36. The van der Waals surface area contributed by atoms with Gasteiger partial charge in [0.05, 0.1) is 15.6 Å². The second-order valence-corrected chi connectivity index (χ2v) is 7.38. The van der Waals surface area contributed by atoms with Crippen LogP contribution in [0.4, 0.5) is 10.1 Å². The summed E-state index contributed by atoms with van der Waals surface area (Å²) in [6, 6.07) is 17.7. The van der Waals surface area contributed by atoms with Crippen molar-refractivity contribution in [2.45, 2.75) is 19.0 Å². The summed E-state index contributed by atoms with van der Waals surface area (Å²) in [6.07, 6.45) is 0. The number of carbonyl (C=O) groups excluding carboxylic acids is 1. The first-order valence-electron chi connectivity index (χ1n) is 8.24. The van der Waals surface area contributed by atoms with Crippen molar-refractivity contribution in [3.05, 3.63) is 87.3 Å². The van der Waals surface area contributed by atoms with Gasteiger partial charge in [-0.15, -0.1) is 11.3 Å². The fourth-order valence-electron chi connectivity index (χ4n) is 2.71. The maximum absolute atomic E-state index is 13.2. The van der Waals surface area contributed by atoms with Crippen LogP contribution < -0.4 is 10.6 Å². The van der Waals surface area contributed by atoms with Crippen molar-refractivity contribution >= 4 is 34.5 Å². The molecule has 3 nitrogen and oxygen atoms in total. The number of rotatable bonds is 6. The lowest BCUT2D eigenvalue weighted by Crippen LogP contribution is -2.92. The van der Waals surface area contributed by atoms with Crippen LogP contribution in [0.25, 0.3) is 0 Å². The summed E-state index contributed by atoms with van der Waals surface area (Å²) in [5.41, 5.74) is 1.54. The lowest BCUT2D eigenvalue weighted by Gasteiger charge is -2.19. The van der Waals surface area contributed by atoms with E-state index in [-0.39, 0.29) is 23.0 Å². The van der Waals surface area contributed by atoms with E-state index in [1.165, 1.54) is 23.1 Å². The highest BCUT2D eigenvalue weighted by molar-refractivity contribution is 7.10. The Morgan fingerprint density at radius 2 is 1.92 bits per heavy atom. The van der Waals surface area contributed by atoms with Gasteiger partial charge in [-0.2, -0.15) is 0 Å². The molecular weight excluding hydrogens is 371 g/mol. The molecule has 1 heterocycles. The van der Waals surface area contributed by atoms with Crippen LogP contribution in [0, 0.1) is 5.82 Å². The smallest absolute Gasteiger partial charge is 0.282 e. The van der Waals surface area contributed by atoms with Crippen LogP contribution in [0.15, 0.2) is 66.0 Å². The van der Waals surface area contributed by atoms with Crippen molar-refractivity contribution in [1.82, 2.24) is 0 Å². The van der Waals surface area contributed by atoms with Crippen molar-refractivity contribution in [2.75, 3.05) is 5.32 Å². The third-order valence-electron chi connectivity index (χ3n) is 4.09. The standard InChI is InChI=1S/C20H18ClFN2OS/c1-13(20(25)24-17-10-9-15(22)12-16(17)21)23-19(18-8-5-11-26-18)14-6-3-2-4-7-14/h2-13,19,23H,1H3,(H,24,25)/p+1/t13-,19+/m0/s1. The minimum absolute atomic E-state index is 0.0284. The zero-order valence-corrected chi connectivity index (χ0v) is 15.7. The van der Waals surface area contributed by atoms with E-state index >= 15 is 0 Å². The number of thiophene rings is 1. The van der Waals surface area contributed by atoms with Crippen LogP contribution in [0.1, 0.15) is 23.4 Å². The number of benzene rings is 2. The lowest BCUT2D eigenvalue weighted by molar-refractivity contribution is -0.703. The van der Waals surface area contributed by atoms with Gasteiger partial charge in [0.1, 0.15) is 11.9 Å². The van der Waals surface area contributed by atoms with Gasteiger partial charge in [0, 0.05) is 5.56 Å². The molecule has 0 saturated carbocycles. The molecule has 1 amide bonds. The number of hydrogen-bond donors (Lipinski definition) is 2. The summed E-state index contributed by atoms with van der Waals surface area (Å²) < 4.78 is 13.2. The van der Waals surface area contributed by atoms with E-state index in [2.05, 4.69) is 23.5 Å². The number of amides is 1. The third kappa shape index (κ3) is 4.49. The number of nitrogens with two attached hydrogens (primary N) is 1. The lowest BCUT2D eigenvalue weighted by atomic mass is 10.0. The van der Waals surface area contributed by atoms with Crippen molar-refractivity contribution in [3.63, 3.8) is 0 Å². The van der Waals surface area contributed by atoms with Crippen molar-refractivity contribution in [3.8, 4) is 0 Å². The van der Waals surface area contributed by atoms with E-state index in [0.717, 1.165) is 5.56 Å². The van der Waals surface area contributed by atoms with E-state index in [9.17, 15) is 9.18 Å². The number of halogens is 2. The summed E-state index contributed by atoms with van der Waals surface area (Å²) >= 11 is 7.66. The SMILES string of the molecule is C[C@H]([NH2+][C@H](c1ccccc1)c1cccs1)C(=O)Nc1ccc(F)cc1Cl. The zero-order chi connectivity index (χ0) is 18.5. The Balaban J connectivity index is 1.75. The summed E-state index contributed by atoms with van der Waals surface area (Å²) in [5.74, 6) is -0.620. The fraction of sp³-hybridized carbons (Fsp3) is 0.150. The Labute approximate surface area is 160 Å². The van der Waals surface area contributed by atoms with E-state index in [1.807, 2.05) is 41.9 Å². The van der Waals surface area contributed by atoms with Gasteiger partial charge in [0.15, 0.2) is 6.04 Å². The average Bonchev–Trinajstić information content (AvgIpc) is 3.17. The monoisotopic (exact) mass is 389 g/mol. The second kappa shape index (κ2) is 8.45. The van der Waals surface area contributed by atoms with Crippen LogP contribution >= 0.6 is 22.9 Å². The molecular formula is C20H19ClFN2OS+. The van der Waals surface area contributed by atoms with Crippen LogP contribution in [0.5, 0.6) is 0 Å². The van der Waals surface area contributed by atoms with Gasteiger partial charge in [-0.05, 0) is 36.6 Å². The Morgan fingerprint density at radius 1 is 1.15 bits per heavy atom. The Hall–Kier alpha value is -2.21. The van der Waals surface area contributed by atoms with E-state index in [0.29, 0.717) is 5.69 Å². The largest absolute Gasteiger partial charge is 0.326 e. The average molecular weight is 390 g/mol. The summed E-state index contributed by atoms with van der Waals surface area (Å²) in [5, 5.41) is 7.01. The molecule has 6 heteroatoms. The Morgan fingerprint density at radius 3 is 2.58 bits per heavy atom. The van der Waals surface area contributed by atoms with Gasteiger partial charge >= 0.3 is 0 Å². The molecule has 0 aliphatic rings. The summed E-state index contributed by atoms with van der Waals surface area (Å²) in [4.78, 5) is 13.8. The highest BCUT2D eigenvalue weighted by atomic mass is 35.5. The topological polar surface area (TPSA) is 45.7 Å². The molecule has 26 heavy (non-hydrogen) atoms. The summed E-state index contributed by atoms with van der Waals surface area (Å²) in [6.45, 7) is 1.84. The van der Waals surface area contributed by atoms with Gasteiger partial charge in [0.25, 0.3) is 5.91 Å². The van der Waals surface area contributed by atoms with Gasteiger partial charge < -0.3 is 10.6 Å². The quantitative estimate of drug-likeness (QED) is 0.651. The highest BCUT2D eigenvalue weighted by Crippen LogP contribution is 2.24. The second-order valence-electron chi connectivity index (χ2n) is 6.00. The normalized spacial score (nSPS) is 13.2. The van der Waals surface area contributed by atoms with Gasteiger partial charge in [-0.3, -0.25) is 4.79 Å². The maximum atomic E-state index is 13.2. The molecule has 0 fully saturated rings. The molecule has 0 saturated heterocycles. The van der Waals surface area contributed by atoms with Gasteiger partial charge in [0.2, 0.25) is 0 Å². The number of nitrogens with one attached hydrogen (secondary N) is 1. The van der Waals surface area contributed by atoms with Crippen LogP contribution in [0.3, 0.4) is 0 Å². The maximum Gasteiger partial charge on any atom is 0.282 e. The first-order chi connectivity index (χ1) is 12.5. The van der Waals surface area contributed by atoms with E-state index < -0.39 is 5.82 Å². The fourth-order valence-corrected chi connectivity index (χ4v) is 3.76. The minimum Gasteiger partial charge on any atom is -0.326 e. The molecule has 134 valence electrons. The first kappa shape index (κ1) is 18.6. The van der Waals surface area contributed by atoms with Crippen molar-refractivity contribution in [1.29, 1.82) is 0 Å². The van der Waals surface area contributed by atoms with Crippen LogP contribution in [-0.2, 0) is 4.79 Å². The molecule has 0 spiro atoms. The molecule has 0 bridgehead atoms. The molecule has 3 rings (SSSR count). The molecule has 0 unspecified atom stereocenters. The van der Waals surface area contributed by atoms with Crippen LogP contribution in [0.2, 0.25) is 5.02 Å². The molecule has 1 aromatic heterocycles. The van der Waals surface area contributed by atoms with E-state index in [1.54, 1.807) is 11.3 Å². The number of quaternary nitrogens is 1. The Bertz CT molecular complexity index is 871.